The van der Waals surface area contributed by atoms with Crippen molar-refractivity contribution in [1.29, 1.82) is 0 Å². The lowest BCUT2D eigenvalue weighted by Gasteiger charge is -2.47. The molecule has 7 heteroatoms. The van der Waals surface area contributed by atoms with Gasteiger partial charge in [0.15, 0.2) is 0 Å². The Morgan fingerprint density at radius 1 is 1.30 bits per heavy atom. The van der Waals surface area contributed by atoms with Crippen LogP contribution in [0.3, 0.4) is 0 Å². The van der Waals surface area contributed by atoms with E-state index in [1.807, 2.05) is 18.7 Å². The van der Waals surface area contributed by atoms with Crippen molar-refractivity contribution < 1.29 is 13.9 Å². The molecule has 2 aromatic rings. The average Bonchev–Trinajstić information content (AvgIpc) is 2.96. The predicted molar refractivity (Wildman–Crippen MR) is 99.9 cm³/mol. The molecule has 27 heavy (non-hydrogen) atoms. The summed E-state index contributed by atoms with van der Waals surface area (Å²) in [5.74, 6) is -0.442. The first-order chi connectivity index (χ1) is 12.9. The summed E-state index contributed by atoms with van der Waals surface area (Å²) in [6.45, 7) is 5.25. The molecule has 144 valence electrons. The fourth-order valence-corrected chi connectivity index (χ4v) is 4.06. The van der Waals surface area contributed by atoms with E-state index in [9.17, 15) is 9.18 Å². The number of piperidine rings is 1. The van der Waals surface area contributed by atoms with Gasteiger partial charge in [-0.05, 0) is 38.0 Å². The van der Waals surface area contributed by atoms with Crippen LogP contribution >= 0.6 is 0 Å². The summed E-state index contributed by atoms with van der Waals surface area (Å²) >= 11 is 0. The minimum absolute atomic E-state index is 0.0538. The van der Waals surface area contributed by atoms with E-state index in [1.54, 1.807) is 17.0 Å². The molecule has 0 radical (unpaired) electrons. The summed E-state index contributed by atoms with van der Waals surface area (Å²) in [6, 6.07) is 6.22. The molecule has 1 aromatic heterocycles. The summed E-state index contributed by atoms with van der Waals surface area (Å²) in [5, 5.41) is 4.41. The average molecular weight is 372 g/mol. The highest BCUT2D eigenvalue weighted by Gasteiger charge is 2.42. The number of aromatic nitrogens is 2. The molecule has 0 saturated carbocycles. The summed E-state index contributed by atoms with van der Waals surface area (Å²) < 4.78 is 21.4. The van der Waals surface area contributed by atoms with Crippen molar-refractivity contribution in [3.63, 3.8) is 0 Å². The van der Waals surface area contributed by atoms with E-state index in [-0.39, 0.29) is 23.9 Å². The van der Waals surface area contributed by atoms with Crippen molar-refractivity contribution in [2.45, 2.75) is 31.9 Å². The third-order valence-corrected chi connectivity index (χ3v) is 5.65. The van der Waals surface area contributed by atoms with Crippen LogP contribution in [0.25, 0.3) is 0 Å². The number of ether oxygens (including phenoxy) is 1. The normalized spacial score (nSPS) is 20.4. The highest BCUT2D eigenvalue weighted by Crippen LogP contribution is 2.33. The molecule has 0 atom stereocenters. The minimum Gasteiger partial charge on any atom is -0.363 e. The molecule has 1 spiro atoms. The maximum atomic E-state index is 13.6. The van der Waals surface area contributed by atoms with Crippen LogP contribution in [-0.4, -0.2) is 52.4 Å². The fourth-order valence-electron chi connectivity index (χ4n) is 4.06. The molecule has 2 fully saturated rings. The number of morpholine rings is 1. The first kappa shape index (κ1) is 18.1. The molecule has 2 aliphatic rings. The second kappa shape index (κ2) is 7.05. The van der Waals surface area contributed by atoms with E-state index in [1.165, 1.54) is 17.7 Å². The van der Waals surface area contributed by atoms with Crippen LogP contribution in [0.2, 0.25) is 0 Å². The lowest BCUT2D eigenvalue weighted by atomic mass is 9.88. The molecule has 2 saturated heterocycles. The van der Waals surface area contributed by atoms with Crippen molar-refractivity contribution in [2.75, 3.05) is 31.1 Å². The standard InChI is InChI=1S/C20H25FN4O2/c1-15-16(11-23(2)22-15)12-24-8-6-20(7-9-24)14-25(19(26)13-27-20)18-5-3-4-17(21)10-18/h3-5,10-11H,6-9,12-14H2,1-2H3. The Morgan fingerprint density at radius 2 is 2.07 bits per heavy atom. The molecule has 1 amide bonds. The number of hydrogen-bond acceptors (Lipinski definition) is 4. The number of benzene rings is 1. The number of halogens is 1. The zero-order chi connectivity index (χ0) is 19.0. The van der Waals surface area contributed by atoms with Gasteiger partial charge >= 0.3 is 0 Å². The maximum absolute atomic E-state index is 13.6. The second-order valence-electron chi connectivity index (χ2n) is 7.62. The topological polar surface area (TPSA) is 50.6 Å². The third kappa shape index (κ3) is 3.75. The number of carbonyl (C=O) groups excluding carboxylic acids is 1. The highest BCUT2D eigenvalue weighted by molar-refractivity contribution is 5.95. The van der Waals surface area contributed by atoms with Crippen LogP contribution in [0.15, 0.2) is 30.5 Å². The van der Waals surface area contributed by atoms with Gasteiger partial charge in [0.2, 0.25) is 0 Å². The van der Waals surface area contributed by atoms with Crippen LogP contribution in [0, 0.1) is 12.7 Å². The van der Waals surface area contributed by atoms with Crippen molar-refractivity contribution in [2.24, 2.45) is 7.05 Å². The molecule has 0 aliphatic carbocycles. The third-order valence-electron chi connectivity index (χ3n) is 5.65. The largest absolute Gasteiger partial charge is 0.363 e. The lowest BCUT2D eigenvalue weighted by Crippen LogP contribution is -2.58. The van der Waals surface area contributed by atoms with Gasteiger partial charge in [0, 0.05) is 44.1 Å². The Hall–Kier alpha value is -2.25. The molecule has 0 bridgehead atoms. The molecule has 1 aromatic carbocycles. The van der Waals surface area contributed by atoms with E-state index >= 15 is 0 Å². The number of likely N-dealkylation sites (tertiary alicyclic amines) is 1. The molecular weight excluding hydrogens is 347 g/mol. The molecule has 3 heterocycles. The van der Waals surface area contributed by atoms with Crippen LogP contribution in [0.4, 0.5) is 10.1 Å². The van der Waals surface area contributed by atoms with Gasteiger partial charge in [0.1, 0.15) is 12.4 Å². The Bertz CT molecular complexity index is 842. The van der Waals surface area contributed by atoms with Crippen molar-refractivity contribution in [1.82, 2.24) is 14.7 Å². The van der Waals surface area contributed by atoms with E-state index in [0.717, 1.165) is 38.2 Å². The number of carbonyl (C=O) groups is 1. The number of amides is 1. The number of rotatable bonds is 3. The Morgan fingerprint density at radius 3 is 2.74 bits per heavy atom. The quantitative estimate of drug-likeness (QED) is 0.829. The van der Waals surface area contributed by atoms with Crippen LogP contribution in [0.1, 0.15) is 24.1 Å². The summed E-state index contributed by atoms with van der Waals surface area (Å²) in [5.41, 5.74) is 2.57. The number of anilines is 1. The molecular formula is C20H25FN4O2. The molecule has 0 N–H and O–H groups in total. The monoisotopic (exact) mass is 372 g/mol. The highest BCUT2D eigenvalue weighted by atomic mass is 19.1. The second-order valence-corrected chi connectivity index (χ2v) is 7.62. The Balaban J connectivity index is 1.42. The number of aryl methyl sites for hydroxylation is 2. The number of nitrogens with zero attached hydrogens (tertiary/aromatic N) is 4. The van der Waals surface area contributed by atoms with Gasteiger partial charge in [-0.15, -0.1) is 0 Å². The summed E-state index contributed by atoms with van der Waals surface area (Å²) in [4.78, 5) is 16.4. The summed E-state index contributed by atoms with van der Waals surface area (Å²) in [7, 11) is 1.94. The molecule has 6 nitrogen and oxygen atoms in total. The van der Waals surface area contributed by atoms with E-state index < -0.39 is 0 Å². The smallest absolute Gasteiger partial charge is 0.253 e. The number of hydrogen-bond donors (Lipinski definition) is 0. The van der Waals surface area contributed by atoms with Crippen LogP contribution in [0.5, 0.6) is 0 Å². The van der Waals surface area contributed by atoms with E-state index in [2.05, 4.69) is 16.2 Å². The SMILES string of the molecule is Cc1nn(C)cc1CN1CCC2(CC1)CN(c1cccc(F)c1)C(=O)CO2. The molecule has 2 aliphatic heterocycles. The Kier molecular flexibility index (Phi) is 4.74. The van der Waals surface area contributed by atoms with Crippen molar-refractivity contribution in [3.8, 4) is 0 Å². The van der Waals surface area contributed by atoms with Gasteiger partial charge in [-0.1, -0.05) is 6.07 Å². The minimum atomic E-state index is -0.347. The molecule has 0 unspecified atom stereocenters. The zero-order valence-corrected chi connectivity index (χ0v) is 15.8. The van der Waals surface area contributed by atoms with E-state index in [0.29, 0.717) is 12.2 Å². The first-order valence-electron chi connectivity index (χ1n) is 9.35. The zero-order valence-electron chi connectivity index (χ0n) is 15.8. The lowest BCUT2D eigenvalue weighted by molar-refractivity contribution is -0.144. The maximum Gasteiger partial charge on any atom is 0.253 e. The van der Waals surface area contributed by atoms with Gasteiger partial charge in [0.05, 0.1) is 17.8 Å². The Labute approximate surface area is 158 Å². The van der Waals surface area contributed by atoms with Gasteiger partial charge in [-0.25, -0.2) is 4.39 Å². The van der Waals surface area contributed by atoms with Crippen LogP contribution in [-0.2, 0) is 23.1 Å². The van der Waals surface area contributed by atoms with Gasteiger partial charge in [0.25, 0.3) is 5.91 Å². The molecule has 4 rings (SSSR count). The fraction of sp³-hybridized carbons (Fsp3) is 0.500. The van der Waals surface area contributed by atoms with E-state index in [4.69, 9.17) is 4.74 Å². The first-order valence-corrected chi connectivity index (χ1v) is 9.35. The van der Waals surface area contributed by atoms with Gasteiger partial charge in [-0.3, -0.25) is 14.4 Å². The van der Waals surface area contributed by atoms with Crippen LogP contribution < -0.4 is 4.90 Å². The van der Waals surface area contributed by atoms with Gasteiger partial charge < -0.3 is 9.64 Å². The predicted octanol–water partition coefficient (Wildman–Crippen LogP) is 2.27. The summed E-state index contributed by atoms with van der Waals surface area (Å²) in [6.07, 6.45) is 3.78. The van der Waals surface area contributed by atoms with Gasteiger partial charge in [-0.2, -0.15) is 5.10 Å². The van der Waals surface area contributed by atoms with Crippen molar-refractivity contribution >= 4 is 11.6 Å². The van der Waals surface area contributed by atoms with Crippen molar-refractivity contribution in [3.05, 3.63) is 47.5 Å².